The summed E-state index contributed by atoms with van der Waals surface area (Å²) < 4.78 is 17.1. The lowest BCUT2D eigenvalue weighted by Crippen LogP contribution is -2.40. The van der Waals surface area contributed by atoms with Gasteiger partial charge in [0.25, 0.3) is 0 Å². The molecule has 1 unspecified atom stereocenters. The number of nitrogens with one attached hydrogen (secondary N) is 1. The van der Waals surface area contributed by atoms with Gasteiger partial charge in [0.2, 0.25) is 0 Å². The highest BCUT2D eigenvalue weighted by Gasteiger charge is 2.28. The predicted molar refractivity (Wildman–Crippen MR) is 82.4 cm³/mol. The third-order valence-corrected chi connectivity index (χ3v) is 4.93. The number of benzene rings is 1. The van der Waals surface area contributed by atoms with Gasteiger partial charge >= 0.3 is 0 Å². The molecule has 2 rings (SSSR count). The summed E-state index contributed by atoms with van der Waals surface area (Å²) in [4.78, 5) is 0. The Morgan fingerprint density at radius 1 is 1.26 bits per heavy atom. The van der Waals surface area contributed by atoms with Crippen LogP contribution in [0.4, 0.5) is 0 Å². The summed E-state index contributed by atoms with van der Waals surface area (Å²) in [5.74, 6) is 0. The lowest BCUT2D eigenvalue weighted by Gasteiger charge is -2.26. The van der Waals surface area contributed by atoms with Crippen molar-refractivity contribution < 1.29 is 4.55 Å². The van der Waals surface area contributed by atoms with Crippen molar-refractivity contribution in [2.24, 2.45) is 7.05 Å². The fourth-order valence-corrected chi connectivity index (χ4v) is 2.79. The summed E-state index contributed by atoms with van der Waals surface area (Å²) in [6, 6.07) is 8.55. The molecule has 0 radical (unpaired) electrons. The third kappa shape index (κ3) is 3.14. The molecule has 0 bridgehead atoms. The van der Waals surface area contributed by atoms with E-state index in [4.69, 9.17) is 0 Å². The van der Waals surface area contributed by atoms with Gasteiger partial charge in [0.05, 0.1) is 6.04 Å². The fraction of sp³-hybridized carbons (Fsp3) is 0.467. The van der Waals surface area contributed by atoms with Gasteiger partial charge in [-0.2, -0.15) is 0 Å². The van der Waals surface area contributed by atoms with Crippen LogP contribution in [0.5, 0.6) is 0 Å². The Morgan fingerprint density at radius 2 is 1.95 bits per heavy atom. The summed E-state index contributed by atoms with van der Waals surface area (Å²) in [5.41, 5.74) is 2.38. The van der Waals surface area contributed by atoms with Crippen LogP contribution in [-0.4, -0.2) is 13.9 Å². The Labute approximate surface area is 118 Å². The van der Waals surface area contributed by atoms with Crippen LogP contribution in [0.25, 0.3) is 10.9 Å². The Kier molecular flexibility index (Phi) is 3.95. The number of hydrogen-bond donors (Lipinski definition) is 1. The predicted octanol–water partition coefficient (Wildman–Crippen LogP) is 3.29. The minimum absolute atomic E-state index is 0.0738. The van der Waals surface area contributed by atoms with Crippen LogP contribution in [0.15, 0.2) is 30.5 Å². The zero-order valence-electron chi connectivity index (χ0n) is 12.2. The van der Waals surface area contributed by atoms with Crippen LogP contribution in [0.2, 0.25) is 0 Å². The van der Waals surface area contributed by atoms with Crippen molar-refractivity contribution >= 4 is 22.3 Å². The number of rotatable bonds is 3. The number of aromatic nitrogens is 1. The standard InChI is InChI=1S/C15H22N2OS/c1-11(16-19(18)15(2,3)4)12-6-7-14-13(10-12)8-9-17(14)5/h6-11,16H,1-5H3/t11?,19-/m1/s1. The van der Waals surface area contributed by atoms with Crippen LogP contribution in [0.3, 0.4) is 0 Å². The molecular formula is C15H22N2OS. The monoisotopic (exact) mass is 278 g/mol. The van der Waals surface area contributed by atoms with Gasteiger partial charge < -0.3 is 9.12 Å². The Hall–Kier alpha value is -0.970. The van der Waals surface area contributed by atoms with Crippen LogP contribution in [-0.2, 0) is 18.4 Å². The quantitative estimate of drug-likeness (QED) is 0.875. The molecule has 0 saturated heterocycles. The van der Waals surface area contributed by atoms with E-state index in [1.807, 2.05) is 34.7 Å². The minimum Gasteiger partial charge on any atom is -0.598 e. The molecule has 0 fully saturated rings. The number of fused-ring (bicyclic) bond motifs is 1. The van der Waals surface area contributed by atoms with Crippen molar-refractivity contribution in [1.29, 1.82) is 0 Å². The lowest BCUT2D eigenvalue weighted by molar-refractivity contribution is 0.531. The number of aryl methyl sites for hydroxylation is 1. The van der Waals surface area contributed by atoms with E-state index in [-0.39, 0.29) is 10.8 Å². The second-order valence-electron chi connectivity index (χ2n) is 5.97. The molecule has 0 aliphatic carbocycles. The van der Waals surface area contributed by atoms with Gasteiger partial charge in [0.1, 0.15) is 4.75 Å². The van der Waals surface area contributed by atoms with Crippen LogP contribution in [0.1, 0.15) is 39.3 Å². The Balaban J connectivity index is 2.19. The van der Waals surface area contributed by atoms with Gasteiger partial charge in [-0.05, 0) is 56.8 Å². The van der Waals surface area contributed by atoms with E-state index in [0.29, 0.717) is 0 Å². The summed E-state index contributed by atoms with van der Waals surface area (Å²) in [6.07, 6.45) is 2.06. The Bertz CT molecular complexity index is 571. The summed E-state index contributed by atoms with van der Waals surface area (Å²) in [5, 5.41) is 1.22. The van der Waals surface area contributed by atoms with Crippen LogP contribution >= 0.6 is 0 Å². The lowest BCUT2D eigenvalue weighted by atomic mass is 10.1. The Morgan fingerprint density at radius 3 is 2.58 bits per heavy atom. The zero-order valence-corrected chi connectivity index (χ0v) is 13.0. The van der Waals surface area contributed by atoms with Crippen molar-refractivity contribution in [2.75, 3.05) is 0 Å². The first-order valence-corrected chi connectivity index (χ1v) is 7.67. The van der Waals surface area contributed by atoms with Crippen molar-refractivity contribution in [3.63, 3.8) is 0 Å². The topological polar surface area (TPSA) is 40.0 Å². The van der Waals surface area contributed by atoms with E-state index >= 15 is 0 Å². The average molecular weight is 278 g/mol. The smallest absolute Gasteiger partial charge is 0.136 e. The SMILES string of the molecule is CC(N[S@+]([O-])C(C)(C)C)c1ccc2c(ccn2C)c1. The second kappa shape index (κ2) is 5.19. The molecule has 0 spiro atoms. The van der Waals surface area contributed by atoms with Gasteiger partial charge in [0.15, 0.2) is 0 Å². The number of nitrogens with zero attached hydrogens (tertiary/aromatic N) is 1. The molecule has 0 aliphatic heterocycles. The highest BCUT2D eigenvalue weighted by atomic mass is 32.2. The molecule has 2 atom stereocenters. The molecule has 1 N–H and O–H groups in total. The zero-order chi connectivity index (χ0) is 14.2. The maximum Gasteiger partial charge on any atom is 0.136 e. The molecule has 0 amide bonds. The third-order valence-electron chi connectivity index (χ3n) is 3.25. The molecule has 0 aliphatic rings. The van der Waals surface area contributed by atoms with Crippen LogP contribution in [0, 0.1) is 0 Å². The van der Waals surface area contributed by atoms with Crippen molar-refractivity contribution in [1.82, 2.24) is 9.29 Å². The van der Waals surface area contributed by atoms with Gasteiger partial charge in [-0.1, -0.05) is 6.07 Å². The summed E-state index contributed by atoms with van der Waals surface area (Å²) in [7, 11) is 2.04. The van der Waals surface area contributed by atoms with Crippen molar-refractivity contribution in [3.8, 4) is 0 Å². The normalized spacial score (nSPS) is 15.7. The molecule has 1 aromatic heterocycles. The van der Waals surface area contributed by atoms with E-state index in [9.17, 15) is 4.55 Å². The first kappa shape index (κ1) is 14.4. The molecule has 4 heteroatoms. The summed E-state index contributed by atoms with van der Waals surface area (Å²) in [6.45, 7) is 7.98. The first-order valence-electron chi connectivity index (χ1n) is 6.52. The fourth-order valence-electron chi connectivity index (χ4n) is 1.97. The van der Waals surface area contributed by atoms with Gasteiger partial charge in [-0.25, -0.2) is 0 Å². The van der Waals surface area contributed by atoms with Crippen molar-refractivity contribution in [3.05, 3.63) is 36.0 Å². The summed E-state index contributed by atoms with van der Waals surface area (Å²) >= 11 is -1.05. The van der Waals surface area contributed by atoms with E-state index in [1.54, 1.807) is 0 Å². The molecule has 104 valence electrons. The van der Waals surface area contributed by atoms with Gasteiger partial charge in [-0.3, -0.25) is 0 Å². The molecule has 0 saturated carbocycles. The van der Waals surface area contributed by atoms with E-state index < -0.39 is 11.4 Å². The molecular weight excluding hydrogens is 256 g/mol. The molecule has 2 aromatic rings. The highest BCUT2D eigenvalue weighted by molar-refractivity contribution is 7.90. The minimum atomic E-state index is -1.05. The molecule has 3 nitrogen and oxygen atoms in total. The van der Waals surface area contributed by atoms with E-state index in [2.05, 4.69) is 39.8 Å². The first-order chi connectivity index (χ1) is 8.79. The highest BCUT2D eigenvalue weighted by Crippen LogP contribution is 2.23. The van der Waals surface area contributed by atoms with Crippen LogP contribution < -0.4 is 4.72 Å². The number of hydrogen-bond acceptors (Lipinski definition) is 2. The van der Waals surface area contributed by atoms with Gasteiger partial charge in [-0.15, -0.1) is 4.72 Å². The van der Waals surface area contributed by atoms with Crippen molar-refractivity contribution in [2.45, 2.75) is 38.5 Å². The molecule has 1 heterocycles. The van der Waals surface area contributed by atoms with E-state index in [0.717, 1.165) is 5.56 Å². The molecule has 1 aromatic carbocycles. The van der Waals surface area contributed by atoms with Gasteiger partial charge in [0, 0.05) is 30.1 Å². The molecule has 19 heavy (non-hydrogen) atoms. The average Bonchev–Trinajstić information content (AvgIpc) is 2.69. The maximum atomic E-state index is 12.1. The largest absolute Gasteiger partial charge is 0.598 e. The maximum absolute atomic E-state index is 12.1. The second-order valence-corrected chi connectivity index (χ2v) is 7.96. The van der Waals surface area contributed by atoms with E-state index in [1.165, 1.54) is 10.9 Å².